The highest BCUT2D eigenvalue weighted by Crippen LogP contribution is 2.38. The molecule has 1 atom stereocenters. The van der Waals surface area contributed by atoms with Gasteiger partial charge in [-0.1, -0.05) is 12.1 Å². The van der Waals surface area contributed by atoms with Gasteiger partial charge in [-0.05, 0) is 17.7 Å². The minimum Gasteiger partial charge on any atom is -0.497 e. The van der Waals surface area contributed by atoms with Crippen molar-refractivity contribution in [3.05, 3.63) is 29.8 Å². The summed E-state index contributed by atoms with van der Waals surface area (Å²) in [6.07, 6.45) is 0. The number of rotatable bonds is 4. The van der Waals surface area contributed by atoms with E-state index in [-0.39, 0.29) is 23.7 Å². The summed E-state index contributed by atoms with van der Waals surface area (Å²) in [5.74, 6) is 1.30. The highest BCUT2D eigenvalue weighted by molar-refractivity contribution is 8.00. The Kier molecular flexibility index (Phi) is 5.30. The highest BCUT2D eigenvalue weighted by atomic mass is 32.2. The molecule has 0 aromatic heterocycles. The zero-order valence-corrected chi connectivity index (χ0v) is 15.0. The first-order chi connectivity index (χ1) is 11.6. The maximum atomic E-state index is 12.6. The molecule has 1 aromatic rings. The smallest absolute Gasteiger partial charge is 0.242 e. The number of nitrogens with one attached hydrogen (secondary N) is 1. The topological polar surface area (TPSA) is 54.3 Å². The van der Waals surface area contributed by atoms with Crippen molar-refractivity contribution in [1.29, 1.82) is 0 Å². The van der Waals surface area contributed by atoms with Crippen LogP contribution < -0.4 is 9.64 Å². The largest absolute Gasteiger partial charge is 0.497 e. The van der Waals surface area contributed by atoms with Gasteiger partial charge in [-0.15, -0.1) is 11.8 Å². The normalized spacial score (nSPS) is 22.1. The summed E-state index contributed by atoms with van der Waals surface area (Å²) in [7, 11) is 3.77. The minimum atomic E-state index is -0.0922. The Labute approximate surface area is 146 Å². The summed E-state index contributed by atoms with van der Waals surface area (Å²) in [5.41, 5.74) is 1.03. The third-order valence-electron chi connectivity index (χ3n) is 4.64. The van der Waals surface area contributed by atoms with Crippen molar-refractivity contribution >= 4 is 23.6 Å². The molecule has 0 saturated carbocycles. The predicted molar refractivity (Wildman–Crippen MR) is 93.1 cm³/mol. The molecular formula is C17H24N3O3S+. The summed E-state index contributed by atoms with van der Waals surface area (Å²) in [5, 5.41) is -0.0922. The standard InChI is InChI=1S/C17H23N3O3S/c1-18-7-9-19(10-8-18)15(21)11-20-16(22)12-24-17(20)13-3-5-14(23-2)6-4-13/h3-6,17H,7-12H2,1-2H3/p+1/t17-/m0/s1. The van der Waals surface area contributed by atoms with Gasteiger partial charge in [0.1, 0.15) is 17.7 Å². The van der Waals surface area contributed by atoms with Gasteiger partial charge in [-0.25, -0.2) is 0 Å². The second-order valence-electron chi connectivity index (χ2n) is 6.30. The lowest BCUT2D eigenvalue weighted by Gasteiger charge is -2.32. The van der Waals surface area contributed by atoms with Crippen LogP contribution in [-0.4, -0.2) is 74.2 Å². The second kappa shape index (κ2) is 7.44. The molecule has 0 aliphatic carbocycles. The quantitative estimate of drug-likeness (QED) is 0.805. The van der Waals surface area contributed by atoms with Crippen LogP contribution in [0.15, 0.2) is 24.3 Å². The van der Waals surface area contributed by atoms with Crippen LogP contribution in [0.5, 0.6) is 5.75 Å². The molecule has 2 saturated heterocycles. The van der Waals surface area contributed by atoms with Gasteiger partial charge < -0.3 is 19.4 Å². The Morgan fingerprint density at radius 2 is 1.96 bits per heavy atom. The van der Waals surface area contributed by atoms with E-state index in [0.717, 1.165) is 37.5 Å². The zero-order valence-electron chi connectivity index (χ0n) is 14.2. The van der Waals surface area contributed by atoms with Crippen LogP contribution in [0.3, 0.4) is 0 Å². The monoisotopic (exact) mass is 350 g/mol. The van der Waals surface area contributed by atoms with Crippen molar-refractivity contribution < 1.29 is 19.2 Å². The minimum absolute atomic E-state index is 0.0360. The van der Waals surface area contributed by atoms with E-state index >= 15 is 0 Å². The van der Waals surface area contributed by atoms with Crippen LogP contribution in [0.1, 0.15) is 10.9 Å². The number of likely N-dealkylation sites (N-methyl/N-ethyl adjacent to an activating group) is 1. The van der Waals surface area contributed by atoms with E-state index in [9.17, 15) is 9.59 Å². The fraction of sp³-hybridized carbons (Fsp3) is 0.529. The highest BCUT2D eigenvalue weighted by Gasteiger charge is 2.35. The first-order valence-corrected chi connectivity index (χ1v) is 9.27. The van der Waals surface area contributed by atoms with Gasteiger partial charge in [0.15, 0.2) is 0 Å². The average molecular weight is 350 g/mol. The molecule has 130 valence electrons. The van der Waals surface area contributed by atoms with Crippen LogP contribution in [-0.2, 0) is 9.59 Å². The van der Waals surface area contributed by atoms with Crippen LogP contribution in [0.2, 0.25) is 0 Å². The number of benzene rings is 1. The summed E-state index contributed by atoms with van der Waals surface area (Å²) >= 11 is 1.57. The molecule has 2 fully saturated rings. The van der Waals surface area contributed by atoms with Crippen molar-refractivity contribution in [3.8, 4) is 5.75 Å². The molecule has 0 radical (unpaired) electrons. The number of carbonyl (C=O) groups is 2. The lowest BCUT2D eigenvalue weighted by atomic mass is 10.2. The third-order valence-corrected chi connectivity index (χ3v) is 5.90. The lowest BCUT2D eigenvalue weighted by molar-refractivity contribution is -0.883. The van der Waals surface area contributed by atoms with Gasteiger partial charge in [0.05, 0.1) is 46.1 Å². The lowest BCUT2D eigenvalue weighted by Crippen LogP contribution is -3.12. The Morgan fingerprint density at radius 3 is 2.58 bits per heavy atom. The molecule has 0 bridgehead atoms. The van der Waals surface area contributed by atoms with Crippen LogP contribution in [0.4, 0.5) is 0 Å². The SMILES string of the molecule is COc1ccc([C@@H]2SCC(=O)N2CC(=O)N2CC[NH+](C)CC2)cc1. The second-order valence-corrected chi connectivity index (χ2v) is 7.36. The van der Waals surface area contributed by atoms with Gasteiger partial charge in [0.25, 0.3) is 0 Å². The van der Waals surface area contributed by atoms with E-state index in [1.54, 1.807) is 23.8 Å². The molecule has 2 aliphatic heterocycles. The fourth-order valence-electron chi connectivity index (χ4n) is 3.05. The number of hydrogen-bond acceptors (Lipinski definition) is 4. The predicted octanol–water partition coefficient (Wildman–Crippen LogP) is -0.374. The Morgan fingerprint density at radius 1 is 1.29 bits per heavy atom. The van der Waals surface area contributed by atoms with E-state index in [4.69, 9.17) is 4.74 Å². The van der Waals surface area contributed by atoms with Crippen LogP contribution >= 0.6 is 11.8 Å². The molecule has 6 nitrogen and oxygen atoms in total. The number of ether oxygens (including phenoxy) is 1. The fourth-order valence-corrected chi connectivity index (χ4v) is 4.24. The number of quaternary nitrogens is 1. The maximum Gasteiger partial charge on any atom is 0.242 e. The van der Waals surface area contributed by atoms with Gasteiger partial charge in [-0.3, -0.25) is 9.59 Å². The summed E-state index contributed by atoms with van der Waals surface area (Å²) in [4.78, 5) is 29.9. The van der Waals surface area contributed by atoms with Gasteiger partial charge in [0, 0.05) is 0 Å². The van der Waals surface area contributed by atoms with Gasteiger partial charge in [-0.2, -0.15) is 0 Å². The van der Waals surface area contributed by atoms with Crippen molar-refractivity contribution in [2.24, 2.45) is 0 Å². The van der Waals surface area contributed by atoms with Gasteiger partial charge in [0.2, 0.25) is 11.8 Å². The number of carbonyl (C=O) groups excluding carboxylic acids is 2. The van der Waals surface area contributed by atoms with Crippen LogP contribution in [0, 0.1) is 0 Å². The van der Waals surface area contributed by atoms with Gasteiger partial charge >= 0.3 is 0 Å². The summed E-state index contributed by atoms with van der Waals surface area (Å²) in [6, 6.07) is 7.71. The van der Waals surface area contributed by atoms with E-state index in [1.807, 2.05) is 29.2 Å². The van der Waals surface area contributed by atoms with E-state index in [0.29, 0.717) is 5.75 Å². The molecule has 0 unspecified atom stereocenters. The molecule has 2 aliphatic rings. The molecule has 7 heteroatoms. The zero-order chi connectivity index (χ0) is 17.1. The van der Waals surface area contributed by atoms with E-state index in [2.05, 4.69) is 7.05 Å². The number of methoxy groups -OCH3 is 1. The molecule has 0 spiro atoms. The van der Waals surface area contributed by atoms with Crippen molar-refractivity contribution in [2.45, 2.75) is 5.37 Å². The molecule has 3 rings (SSSR count). The molecule has 1 aromatic carbocycles. The molecular weight excluding hydrogens is 326 g/mol. The number of thioether (sulfide) groups is 1. The molecule has 24 heavy (non-hydrogen) atoms. The average Bonchev–Trinajstić information content (AvgIpc) is 2.96. The number of amides is 2. The van der Waals surface area contributed by atoms with E-state index < -0.39 is 0 Å². The number of piperazine rings is 1. The Hall–Kier alpha value is -1.73. The maximum absolute atomic E-state index is 12.6. The summed E-state index contributed by atoms with van der Waals surface area (Å²) in [6.45, 7) is 3.65. The molecule has 2 heterocycles. The van der Waals surface area contributed by atoms with E-state index in [1.165, 1.54) is 4.90 Å². The Bertz CT molecular complexity index is 600. The molecule has 1 N–H and O–H groups in total. The summed E-state index contributed by atoms with van der Waals surface area (Å²) < 4.78 is 5.18. The third kappa shape index (κ3) is 3.67. The molecule has 2 amide bonds. The number of nitrogens with zero attached hydrogens (tertiary/aromatic N) is 2. The first kappa shape index (κ1) is 17.1. The van der Waals surface area contributed by atoms with Crippen molar-refractivity contribution in [1.82, 2.24) is 9.80 Å². The van der Waals surface area contributed by atoms with Crippen molar-refractivity contribution in [2.75, 3.05) is 52.6 Å². The Balaban J connectivity index is 1.67. The van der Waals surface area contributed by atoms with Crippen LogP contribution in [0.25, 0.3) is 0 Å². The van der Waals surface area contributed by atoms with Crippen molar-refractivity contribution in [3.63, 3.8) is 0 Å². The first-order valence-electron chi connectivity index (χ1n) is 8.22. The number of hydrogen-bond donors (Lipinski definition) is 1.